The van der Waals surface area contributed by atoms with E-state index in [0.29, 0.717) is 5.69 Å². The Hall–Kier alpha value is -3.92. The molecule has 4 aromatic rings. The maximum atomic E-state index is 12.1. The van der Waals surface area contributed by atoms with Crippen molar-refractivity contribution in [3.05, 3.63) is 132 Å². The van der Waals surface area contributed by atoms with Crippen molar-refractivity contribution in [1.82, 2.24) is 9.55 Å². The maximum Gasteiger partial charge on any atom is 0.331 e. The van der Waals surface area contributed by atoms with E-state index in [2.05, 4.69) is 82.3 Å². The van der Waals surface area contributed by atoms with Gasteiger partial charge >= 0.3 is 5.97 Å². The maximum absolute atomic E-state index is 12.1. The lowest BCUT2D eigenvalue weighted by molar-refractivity contribution is -0.142. The predicted molar refractivity (Wildman–Crippen MR) is 132 cm³/mol. The van der Waals surface area contributed by atoms with Crippen molar-refractivity contribution in [1.29, 1.82) is 0 Å². The van der Waals surface area contributed by atoms with Crippen LogP contribution >= 0.6 is 0 Å². The molecular weight excluding hydrogens is 408 g/mol. The number of esters is 1. The average molecular weight is 437 g/mol. The molecule has 0 spiro atoms. The summed E-state index contributed by atoms with van der Waals surface area (Å²) >= 11 is 0. The second-order valence-corrected chi connectivity index (χ2v) is 8.00. The number of hydrogen-bond acceptors (Lipinski definition) is 3. The van der Waals surface area contributed by atoms with Gasteiger partial charge < -0.3 is 9.30 Å². The monoisotopic (exact) mass is 436 g/mol. The summed E-state index contributed by atoms with van der Waals surface area (Å²) in [7, 11) is 0. The van der Waals surface area contributed by atoms with Gasteiger partial charge in [-0.1, -0.05) is 97.9 Å². The molecule has 0 saturated heterocycles. The summed E-state index contributed by atoms with van der Waals surface area (Å²) in [5, 5.41) is 0. The number of carbonyl (C=O) groups is 1. The van der Waals surface area contributed by atoms with Crippen LogP contribution in [0.5, 0.6) is 0 Å². The summed E-state index contributed by atoms with van der Waals surface area (Å²) in [6, 6.07) is 31.2. The lowest BCUT2D eigenvalue weighted by Crippen LogP contribution is -2.36. The van der Waals surface area contributed by atoms with Gasteiger partial charge in [0.1, 0.15) is 5.54 Å². The minimum atomic E-state index is -0.625. The van der Waals surface area contributed by atoms with Gasteiger partial charge in [-0.15, -0.1) is 0 Å². The minimum Gasteiger partial charge on any atom is -0.460 e. The van der Waals surface area contributed by atoms with Crippen LogP contribution in [0.25, 0.3) is 6.08 Å². The average Bonchev–Trinajstić information content (AvgIpc) is 3.34. The van der Waals surface area contributed by atoms with Crippen molar-refractivity contribution in [2.24, 2.45) is 0 Å². The Balaban J connectivity index is 1.84. The number of carbonyl (C=O) groups excluding carboxylic acids is 1. The molecule has 1 aromatic heterocycles. The van der Waals surface area contributed by atoms with Crippen LogP contribution in [0, 0.1) is 0 Å². The Morgan fingerprint density at radius 1 is 0.909 bits per heavy atom. The summed E-state index contributed by atoms with van der Waals surface area (Å²) in [4.78, 5) is 16.7. The van der Waals surface area contributed by atoms with Gasteiger partial charge in [0.25, 0.3) is 0 Å². The molecule has 3 aromatic carbocycles. The van der Waals surface area contributed by atoms with E-state index < -0.39 is 5.54 Å². The van der Waals surface area contributed by atoms with Gasteiger partial charge in [0.15, 0.2) is 0 Å². The fraction of sp³-hybridized carbons (Fsp3) is 0.172. The summed E-state index contributed by atoms with van der Waals surface area (Å²) < 4.78 is 7.46. The molecule has 0 amide bonds. The summed E-state index contributed by atoms with van der Waals surface area (Å²) in [6.07, 6.45) is 7.61. The van der Waals surface area contributed by atoms with Crippen LogP contribution in [0.2, 0.25) is 0 Å². The minimum absolute atomic E-state index is 0.110. The molecule has 33 heavy (non-hydrogen) atoms. The standard InChI is InChI=1S/C29H28N2O2/c1-3-23(2)33-28(32)20-19-27-21-31(22-30-27)29(24-13-7-4-8-14-24,25-15-9-5-10-16-25)26-17-11-6-12-18-26/h4-23H,3H2,1-2H3/b20-19+. The Morgan fingerprint density at radius 2 is 1.39 bits per heavy atom. The molecule has 1 atom stereocenters. The molecule has 0 radical (unpaired) electrons. The van der Waals surface area contributed by atoms with Crippen LogP contribution in [0.4, 0.5) is 0 Å². The molecule has 1 heterocycles. The van der Waals surface area contributed by atoms with Crippen LogP contribution in [-0.4, -0.2) is 21.6 Å². The molecule has 1 unspecified atom stereocenters. The fourth-order valence-electron chi connectivity index (χ4n) is 4.07. The SMILES string of the molecule is CCC(C)OC(=O)/C=C/c1cn(C(c2ccccc2)(c2ccccc2)c2ccccc2)cn1. The number of aromatic nitrogens is 2. The Kier molecular flexibility index (Phi) is 6.84. The van der Waals surface area contributed by atoms with Gasteiger partial charge in [-0.3, -0.25) is 0 Å². The second-order valence-electron chi connectivity index (χ2n) is 8.00. The van der Waals surface area contributed by atoms with E-state index >= 15 is 0 Å². The first-order chi connectivity index (χ1) is 16.1. The number of benzene rings is 3. The van der Waals surface area contributed by atoms with Crippen LogP contribution in [-0.2, 0) is 15.1 Å². The highest BCUT2D eigenvalue weighted by molar-refractivity contribution is 5.86. The molecular formula is C29H28N2O2. The number of imidazole rings is 1. The molecule has 0 saturated carbocycles. The van der Waals surface area contributed by atoms with Crippen molar-refractivity contribution >= 4 is 12.0 Å². The molecule has 0 aliphatic rings. The Bertz CT molecular complexity index is 1100. The van der Waals surface area contributed by atoms with Gasteiger partial charge in [-0.25, -0.2) is 9.78 Å². The smallest absolute Gasteiger partial charge is 0.331 e. The molecule has 4 heteroatoms. The molecule has 0 aliphatic heterocycles. The lowest BCUT2D eigenvalue weighted by Gasteiger charge is -2.37. The topological polar surface area (TPSA) is 44.1 Å². The zero-order chi connectivity index (χ0) is 23.1. The zero-order valence-electron chi connectivity index (χ0n) is 19.0. The predicted octanol–water partition coefficient (Wildman–Crippen LogP) is 6.08. The third-order valence-corrected chi connectivity index (χ3v) is 5.85. The quantitative estimate of drug-likeness (QED) is 0.191. The van der Waals surface area contributed by atoms with Gasteiger partial charge in [-0.05, 0) is 36.1 Å². The molecule has 0 aliphatic carbocycles. The number of nitrogens with zero attached hydrogens (tertiary/aromatic N) is 2. The Morgan fingerprint density at radius 3 is 1.85 bits per heavy atom. The first kappa shape index (κ1) is 22.3. The van der Waals surface area contributed by atoms with E-state index in [-0.39, 0.29) is 12.1 Å². The van der Waals surface area contributed by atoms with Crippen molar-refractivity contribution in [2.45, 2.75) is 31.9 Å². The van der Waals surface area contributed by atoms with E-state index in [4.69, 9.17) is 4.74 Å². The molecule has 0 fully saturated rings. The first-order valence-electron chi connectivity index (χ1n) is 11.2. The molecule has 4 rings (SSSR count). The van der Waals surface area contributed by atoms with Gasteiger partial charge in [0.2, 0.25) is 0 Å². The molecule has 0 bridgehead atoms. The van der Waals surface area contributed by atoms with Gasteiger partial charge in [0, 0.05) is 12.3 Å². The van der Waals surface area contributed by atoms with Crippen molar-refractivity contribution in [3.8, 4) is 0 Å². The van der Waals surface area contributed by atoms with E-state index in [1.54, 1.807) is 6.08 Å². The summed E-state index contributed by atoms with van der Waals surface area (Å²) in [5.41, 5.74) is 3.41. The van der Waals surface area contributed by atoms with E-state index in [1.165, 1.54) is 6.08 Å². The number of ether oxygens (including phenoxy) is 1. The lowest BCUT2D eigenvalue weighted by atomic mass is 9.77. The largest absolute Gasteiger partial charge is 0.460 e. The van der Waals surface area contributed by atoms with Crippen molar-refractivity contribution in [3.63, 3.8) is 0 Å². The Labute approximate surface area is 195 Å². The molecule has 4 nitrogen and oxygen atoms in total. The third-order valence-electron chi connectivity index (χ3n) is 5.85. The highest BCUT2D eigenvalue weighted by Crippen LogP contribution is 2.40. The third kappa shape index (κ3) is 4.65. The van der Waals surface area contributed by atoms with Crippen LogP contribution in [0.3, 0.4) is 0 Å². The summed E-state index contributed by atoms with van der Waals surface area (Å²) in [5.74, 6) is -0.362. The van der Waals surface area contributed by atoms with E-state index in [0.717, 1.165) is 23.1 Å². The first-order valence-corrected chi connectivity index (χ1v) is 11.2. The van der Waals surface area contributed by atoms with Crippen molar-refractivity contribution < 1.29 is 9.53 Å². The molecule has 0 N–H and O–H groups in total. The highest BCUT2D eigenvalue weighted by Gasteiger charge is 2.38. The van der Waals surface area contributed by atoms with Crippen LogP contribution < -0.4 is 0 Å². The van der Waals surface area contributed by atoms with Crippen LogP contribution in [0.1, 0.15) is 42.7 Å². The number of rotatable bonds is 8. The number of hydrogen-bond donors (Lipinski definition) is 0. The van der Waals surface area contributed by atoms with Crippen molar-refractivity contribution in [2.75, 3.05) is 0 Å². The fourth-order valence-corrected chi connectivity index (χ4v) is 4.07. The zero-order valence-corrected chi connectivity index (χ0v) is 19.0. The second kappa shape index (κ2) is 10.1. The van der Waals surface area contributed by atoms with Gasteiger partial charge in [-0.2, -0.15) is 0 Å². The normalized spacial score (nSPS) is 12.5. The molecule has 166 valence electrons. The van der Waals surface area contributed by atoms with Gasteiger partial charge in [0.05, 0.1) is 18.1 Å². The summed E-state index contributed by atoms with van der Waals surface area (Å²) in [6.45, 7) is 3.87. The van der Waals surface area contributed by atoms with E-state index in [9.17, 15) is 4.79 Å². The van der Waals surface area contributed by atoms with Crippen LogP contribution in [0.15, 0.2) is 110 Å². The highest BCUT2D eigenvalue weighted by atomic mass is 16.5. The van der Waals surface area contributed by atoms with E-state index in [1.807, 2.05) is 44.6 Å².